The van der Waals surface area contributed by atoms with Crippen LogP contribution in [0, 0.1) is 5.92 Å². The van der Waals surface area contributed by atoms with Gasteiger partial charge in [0, 0.05) is 16.6 Å². The Balaban J connectivity index is 2.71. The van der Waals surface area contributed by atoms with Crippen LogP contribution in [0.2, 0.25) is 10.0 Å². The fourth-order valence-corrected chi connectivity index (χ4v) is 2.29. The highest BCUT2D eigenvalue weighted by molar-refractivity contribution is 6.36. The number of carboxylic acids is 1. The Morgan fingerprint density at radius 1 is 1.27 bits per heavy atom. The Bertz CT molecular complexity index is 535. The molecule has 0 aliphatic heterocycles. The van der Waals surface area contributed by atoms with Crippen molar-refractivity contribution in [3.05, 3.63) is 33.8 Å². The lowest BCUT2D eigenvalue weighted by Crippen LogP contribution is -2.37. The number of halogens is 2. The molecular formula is C15H19Cl2NO4. The maximum absolute atomic E-state index is 11.6. The summed E-state index contributed by atoms with van der Waals surface area (Å²) in [6, 6.07) is 4.97. The molecule has 0 spiro atoms. The molecule has 0 fully saturated rings. The first kappa shape index (κ1) is 18.6. The minimum absolute atomic E-state index is 0.0776. The van der Waals surface area contributed by atoms with E-state index in [1.807, 2.05) is 0 Å². The number of carbonyl (C=O) groups excluding carboxylic acids is 1. The zero-order valence-corrected chi connectivity index (χ0v) is 14.2. The Kier molecular flexibility index (Phi) is 6.50. The van der Waals surface area contributed by atoms with Gasteiger partial charge in [-0.2, -0.15) is 0 Å². The van der Waals surface area contributed by atoms with Crippen molar-refractivity contribution in [2.75, 3.05) is 6.54 Å². The van der Waals surface area contributed by atoms with Gasteiger partial charge in [0.2, 0.25) is 0 Å². The molecule has 0 radical (unpaired) electrons. The molecule has 0 heterocycles. The van der Waals surface area contributed by atoms with E-state index < -0.39 is 23.6 Å². The van der Waals surface area contributed by atoms with E-state index in [9.17, 15) is 14.7 Å². The highest BCUT2D eigenvalue weighted by atomic mass is 35.5. The summed E-state index contributed by atoms with van der Waals surface area (Å²) in [5, 5.41) is 12.5. The van der Waals surface area contributed by atoms with E-state index in [1.54, 1.807) is 39.0 Å². The first-order chi connectivity index (χ1) is 10.1. The van der Waals surface area contributed by atoms with E-state index in [4.69, 9.17) is 27.9 Å². The smallest absolute Gasteiger partial charge is 0.407 e. The maximum atomic E-state index is 11.6. The van der Waals surface area contributed by atoms with Crippen molar-refractivity contribution < 1.29 is 19.4 Å². The van der Waals surface area contributed by atoms with Gasteiger partial charge in [0.25, 0.3) is 0 Å². The van der Waals surface area contributed by atoms with Crippen molar-refractivity contribution in [2.45, 2.75) is 32.8 Å². The summed E-state index contributed by atoms with van der Waals surface area (Å²) in [6.45, 7) is 5.10. The average molecular weight is 348 g/mol. The number of carboxylic acid groups (broad SMARTS) is 1. The zero-order valence-electron chi connectivity index (χ0n) is 12.7. The second kappa shape index (κ2) is 7.70. The summed E-state index contributed by atoms with van der Waals surface area (Å²) in [6.07, 6.45) is -0.548. The summed E-state index contributed by atoms with van der Waals surface area (Å²) in [7, 11) is 0. The molecule has 22 heavy (non-hydrogen) atoms. The van der Waals surface area contributed by atoms with Gasteiger partial charge in [0.15, 0.2) is 0 Å². The van der Waals surface area contributed by atoms with Crippen molar-refractivity contribution in [1.29, 1.82) is 0 Å². The predicted octanol–water partition coefficient (Wildman–Crippen LogP) is 3.76. The van der Waals surface area contributed by atoms with Gasteiger partial charge in [-0.3, -0.25) is 4.79 Å². The van der Waals surface area contributed by atoms with E-state index in [-0.39, 0.29) is 13.0 Å². The molecule has 0 unspecified atom stereocenters. The quantitative estimate of drug-likeness (QED) is 0.850. The number of rotatable bonds is 5. The van der Waals surface area contributed by atoms with Crippen LogP contribution in [-0.4, -0.2) is 29.3 Å². The first-order valence-electron chi connectivity index (χ1n) is 6.72. The van der Waals surface area contributed by atoms with Crippen molar-refractivity contribution in [3.63, 3.8) is 0 Å². The van der Waals surface area contributed by atoms with Crippen LogP contribution >= 0.6 is 23.2 Å². The molecule has 0 saturated carbocycles. The number of nitrogens with one attached hydrogen (secondary N) is 1. The fourth-order valence-electron chi connectivity index (χ4n) is 1.74. The third-order valence-corrected chi connectivity index (χ3v) is 3.46. The van der Waals surface area contributed by atoms with Crippen LogP contribution in [0.5, 0.6) is 0 Å². The summed E-state index contributed by atoms with van der Waals surface area (Å²) >= 11 is 12.1. The molecule has 0 bridgehead atoms. The molecule has 1 rings (SSSR count). The van der Waals surface area contributed by atoms with Gasteiger partial charge in [-0.1, -0.05) is 29.3 Å². The predicted molar refractivity (Wildman–Crippen MR) is 85.5 cm³/mol. The van der Waals surface area contributed by atoms with E-state index >= 15 is 0 Å². The first-order valence-corrected chi connectivity index (χ1v) is 7.48. The topological polar surface area (TPSA) is 75.6 Å². The van der Waals surface area contributed by atoms with Gasteiger partial charge in [0.1, 0.15) is 5.60 Å². The Morgan fingerprint density at radius 3 is 2.27 bits per heavy atom. The molecule has 2 N–H and O–H groups in total. The molecule has 0 saturated heterocycles. The molecule has 0 aliphatic rings. The van der Waals surface area contributed by atoms with Gasteiger partial charge in [-0.25, -0.2) is 4.79 Å². The molecule has 7 heteroatoms. The van der Waals surface area contributed by atoms with Crippen LogP contribution in [-0.2, 0) is 16.0 Å². The van der Waals surface area contributed by atoms with Gasteiger partial charge in [-0.05, 0) is 44.9 Å². The lowest BCUT2D eigenvalue weighted by atomic mass is 9.99. The standard InChI is InChI=1S/C15H19Cl2NO4/c1-15(2,3)22-14(21)18-8-9(13(19)20)7-10-11(16)5-4-6-12(10)17/h4-6,9H,7-8H2,1-3H3,(H,18,21)(H,19,20)/t9-/m0/s1. The van der Waals surface area contributed by atoms with Crippen LogP contribution < -0.4 is 5.32 Å². The highest BCUT2D eigenvalue weighted by Crippen LogP contribution is 2.27. The van der Waals surface area contributed by atoms with E-state index in [0.717, 1.165) is 0 Å². The van der Waals surface area contributed by atoms with Crippen LogP contribution in [0.3, 0.4) is 0 Å². The van der Waals surface area contributed by atoms with E-state index in [0.29, 0.717) is 15.6 Å². The van der Waals surface area contributed by atoms with Gasteiger partial charge in [0.05, 0.1) is 5.92 Å². The third kappa shape index (κ3) is 6.12. The fraction of sp³-hybridized carbons (Fsp3) is 0.467. The maximum Gasteiger partial charge on any atom is 0.407 e. The number of hydrogen-bond acceptors (Lipinski definition) is 3. The summed E-state index contributed by atoms with van der Waals surface area (Å²) < 4.78 is 5.07. The normalized spacial score (nSPS) is 12.6. The SMILES string of the molecule is CC(C)(C)OC(=O)NC[C@H](Cc1c(Cl)cccc1Cl)C(=O)O. The molecule has 5 nitrogen and oxygen atoms in total. The lowest BCUT2D eigenvalue weighted by molar-refractivity contribution is -0.141. The number of benzene rings is 1. The number of amides is 1. The van der Waals surface area contributed by atoms with Crippen LogP contribution in [0.1, 0.15) is 26.3 Å². The van der Waals surface area contributed by atoms with Crippen molar-refractivity contribution >= 4 is 35.3 Å². The van der Waals surface area contributed by atoms with Crippen LogP contribution in [0.15, 0.2) is 18.2 Å². The van der Waals surface area contributed by atoms with Crippen molar-refractivity contribution in [2.24, 2.45) is 5.92 Å². The van der Waals surface area contributed by atoms with Crippen LogP contribution in [0.25, 0.3) is 0 Å². The number of hydrogen-bond donors (Lipinski definition) is 2. The molecule has 1 aromatic carbocycles. The number of carbonyl (C=O) groups is 2. The van der Waals surface area contributed by atoms with E-state index in [1.165, 1.54) is 0 Å². The second-order valence-corrected chi connectivity index (χ2v) is 6.64. The monoisotopic (exact) mass is 347 g/mol. The van der Waals surface area contributed by atoms with Gasteiger partial charge in [-0.15, -0.1) is 0 Å². The molecule has 1 atom stereocenters. The van der Waals surface area contributed by atoms with E-state index in [2.05, 4.69) is 5.32 Å². The summed E-state index contributed by atoms with van der Waals surface area (Å²) in [5.41, 5.74) is -0.0984. The Hall–Kier alpha value is -1.46. The highest BCUT2D eigenvalue weighted by Gasteiger charge is 2.23. The molecular weight excluding hydrogens is 329 g/mol. The zero-order chi connectivity index (χ0) is 16.9. The van der Waals surface area contributed by atoms with Gasteiger partial charge < -0.3 is 15.2 Å². The Labute approximate surface area is 139 Å². The van der Waals surface area contributed by atoms with Gasteiger partial charge >= 0.3 is 12.1 Å². The molecule has 1 amide bonds. The Morgan fingerprint density at radius 2 is 1.82 bits per heavy atom. The number of ether oxygens (including phenoxy) is 1. The minimum atomic E-state index is -1.05. The summed E-state index contributed by atoms with van der Waals surface area (Å²) in [4.78, 5) is 22.9. The molecule has 0 aliphatic carbocycles. The minimum Gasteiger partial charge on any atom is -0.481 e. The molecule has 122 valence electrons. The molecule has 0 aromatic heterocycles. The van der Waals surface area contributed by atoms with Crippen molar-refractivity contribution in [1.82, 2.24) is 5.32 Å². The largest absolute Gasteiger partial charge is 0.481 e. The molecule has 1 aromatic rings. The van der Waals surface area contributed by atoms with Crippen LogP contribution in [0.4, 0.5) is 4.79 Å². The average Bonchev–Trinajstić information content (AvgIpc) is 2.34. The number of alkyl carbamates (subject to hydrolysis) is 1. The second-order valence-electron chi connectivity index (χ2n) is 5.82. The van der Waals surface area contributed by atoms with Crippen molar-refractivity contribution in [3.8, 4) is 0 Å². The number of aliphatic carboxylic acids is 1. The lowest BCUT2D eigenvalue weighted by Gasteiger charge is -2.21. The third-order valence-electron chi connectivity index (χ3n) is 2.75. The summed E-state index contributed by atoms with van der Waals surface area (Å²) in [5.74, 6) is -1.91.